The Bertz CT molecular complexity index is 579. The third-order valence-corrected chi connectivity index (χ3v) is 3.80. The van der Waals surface area contributed by atoms with Crippen LogP contribution in [0.4, 0.5) is 0 Å². The molecule has 0 aromatic carbocycles. The number of piperazine rings is 1. The first-order valence-electron chi connectivity index (χ1n) is 7.41. The monoisotopic (exact) mass is 301 g/mol. The highest BCUT2D eigenvalue weighted by Gasteiger charge is 2.20. The van der Waals surface area contributed by atoms with Gasteiger partial charge < -0.3 is 4.90 Å². The van der Waals surface area contributed by atoms with Gasteiger partial charge in [-0.3, -0.25) is 14.7 Å². The van der Waals surface area contributed by atoms with Crippen LogP contribution in [0.15, 0.2) is 30.9 Å². The summed E-state index contributed by atoms with van der Waals surface area (Å²) in [6.07, 6.45) is 5.64. The van der Waals surface area contributed by atoms with Crippen molar-refractivity contribution in [2.75, 3.05) is 26.2 Å². The fourth-order valence-corrected chi connectivity index (χ4v) is 2.56. The molecule has 1 amide bonds. The van der Waals surface area contributed by atoms with E-state index in [2.05, 4.69) is 31.5 Å². The lowest BCUT2D eigenvalue weighted by Crippen LogP contribution is -2.48. The molecule has 0 radical (unpaired) electrons. The highest BCUT2D eigenvalue weighted by molar-refractivity contribution is 5.76. The zero-order valence-corrected chi connectivity index (χ0v) is 12.4. The van der Waals surface area contributed by atoms with Gasteiger partial charge in [-0.05, 0) is 22.1 Å². The van der Waals surface area contributed by atoms with Crippen LogP contribution in [0.5, 0.6) is 0 Å². The lowest BCUT2D eigenvalue weighted by Gasteiger charge is -2.34. The number of rotatable bonds is 5. The predicted octanol–water partition coefficient (Wildman–Crippen LogP) is -0.197. The van der Waals surface area contributed by atoms with Crippen LogP contribution in [0.3, 0.4) is 0 Å². The summed E-state index contributed by atoms with van der Waals surface area (Å²) in [6.45, 7) is 4.75. The average Bonchev–Trinajstić information content (AvgIpc) is 3.08. The number of carbonyl (C=O) groups excluding carboxylic acids is 1. The number of hydrogen-bond donors (Lipinski definition) is 0. The van der Waals surface area contributed by atoms with Gasteiger partial charge in [-0.2, -0.15) is 0 Å². The van der Waals surface area contributed by atoms with Gasteiger partial charge in [0, 0.05) is 51.5 Å². The maximum absolute atomic E-state index is 12.2. The number of hydrogen-bond acceptors (Lipinski definition) is 6. The first-order valence-corrected chi connectivity index (χ1v) is 7.41. The fourth-order valence-electron chi connectivity index (χ4n) is 2.56. The summed E-state index contributed by atoms with van der Waals surface area (Å²) >= 11 is 0. The van der Waals surface area contributed by atoms with Crippen LogP contribution in [0.1, 0.15) is 12.0 Å². The standard InChI is InChI=1S/C14H19N7O/c22-14(3-5-21-12-16-17-18-21)20-8-6-19(7-9-20)11-13-2-1-4-15-10-13/h1-2,4,10,12H,3,5-9,11H2. The highest BCUT2D eigenvalue weighted by atomic mass is 16.2. The van der Waals surface area contributed by atoms with Gasteiger partial charge in [-0.15, -0.1) is 5.10 Å². The average molecular weight is 301 g/mol. The lowest BCUT2D eigenvalue weighted by atomic mass is 10.2. The second-order valence-corrected chi connectivity index (χ2v) is 5.34. The smallest absolute Gasteiger partial charge is 0.224 e. The van der Waals surface area contributed by atoms with E-state index in [1.54, 1.807) is 10.9 Å². The van der Waals surface area contributed by atoms with E-state index < -0.39 is 0 Å². The number of pyridine rings is 1. The summed E-state index contributed by atoms with van der Waals surface area (Å²) in [5, 5.41) is 10.9. The number of aryl methyl sites for hydroxylation is 1. The normalized spacial score (nSPS) is 15.9. The molecule has 8 nitrogen and oxygen atoms in total. The van der Waals surface area contributed by atoms with Crippen molar-refractivity contribution in [3.05, 3.63) is 36.4 Å². The van der Waals surface area contributed by atoms with Crippen LogP contribution in [0.2, 0.25) is 0 Å². The van der Waals surface area contributed by atoms with Gasteiger partial charge in [-0.1, -0.05) is 6.07 Å². The highest BCUT2D eigenvalue weighted by Crippen LogP contribution is 2.08. The summed E-state index contributed by atoms with van der Waals surface area (Å²) in [5.41, 5.74) is 1.21. The molecule has 1 aliphatic rings. The zero-order valence-electron chi connectivity index (χ0n) is 12.4. The molecule has 3 rings (SSSR count). The molecule has 8 heteroatoms. The van der Waals surface area contributed by atoms with Crippen LogP contribution in [0.25, 0.3) is 0 Å². The molecule has 0 bridgehead atoms. The Hall–Kier alpha value is -2.35. The van der Waals surface area contributed by atoms with E-state index in [4.69, 9.17) is 0 Å². The van der Waals surface area contributed by atoms with Crippen molar-refractivity contribution in [2.24, 2.45) is 0 Å². The van der Waals surface area contributed by atoms with Crippen molar-refractivity contribution in [1.29, 1.82) is 0 Å². The van der Waals surface area contributed by atoms with Crippen molar-refractivity contribution in [3.8, 4) is 0 Å². The zero-order chi connectivity index (χ0) is 15.2. The van der Waals surface area contributed by atoms with E-state index in [0.29, 0.717) is 13.0 Å². The minimum atomic E-state index is 0.163. The summed E-state index contributed by atoms with van der Waals surface area (Å²) in [4.78, 5) is 20.6. The molecule has 0 saturated carbocycles. The van der Waals surface area contributed by atoms with Crippen molar-refractivity contribution < 1.29 is 4.79 Å². The molecule has 0 aliphatic carbocycles. The number of nitrogens with zero attached hydrogens (tertiary/aromatic N) is 7. The molecule has 1 aliphatic heterocycles. The fraction of sp³-hybridized carbons (Fsp3) is 0.500. The first kappa shape index (κ1) is 14.6. The van der Waals surface area contributed by atoms with Gasteiger partial charge >= 0.3 is 0 Å². The number of aromatic nitrogens is 5. The Balaban J connectivity index is 1.42. The third-order valence-electron chi connectivity index (χ3n) is 3.80. The molecular weight excluding hydrogens is 282 g/mol. The van der Waals surface area contributed by atoms with Crippen LogP contribution in [-0.4, -0.2) is 67.1 Å². The van der Waals surface area contributed by atoms with E-state index in [1.807, 2.05) is 17.2 Å². The van der Waals surface area contributed by atoms with Crippen LogP contribution in [0, 0.1) is 0 Å². The molecule has 22 heavy (non-hydrogen) atoms. The van der Waals surface area contributed by atoms with Crippen LogP contribution >= 0.6 is 0 Å². The molecule has 1 fully saturated rings. The minimum absolute atomic E-state index is 0.163. The second kappa shape index (κ2) is 7.08. The van der Waals surface area contributed by atoms with Gasteiger partial charge in [0.2, 0.25) is 5.91 Å². The van der Waals surface area contributed by atoms with E-state index in [0.717, 1.165) is 32.7 Å². The van der Waals surface area contributed by atoms with Crippen molar-refractivity contribution in [3.63, 3.8) is 0 Å². The van der Waals surface area contributed by atoms with Gasteiger partial charge in [-0.25, -0.2) is 4.68 Å². The van der Waals surface area contributed by atoms with Crippen LogP contribution in [-0.2, 0) is 17.9 Å². The Kier molecular flexibility index (Phi) is 4.69. The number of carbonyl (C=O) groups is 1. The number of tetrazole rings is 1. The first-order chi connectivity index (χ1) is 10.8. The Morgan fingerprint density at radius 3 is 2.77 bits per heavy atom. The summed E-state index contributed by atoms with van der Waals surface area (Å²) in [6, 6.07) is 4.03. The van der Waals surface area contributed by atoms with Gasteiger partial charge in [0.1, 0.15) is 6.33 Å². The van der Waals surface area contributed by atoms with Gasteiger partial charge in [0.05, 0.1) is 6.54 Å². The summed E-state index contributed by atoms with van der Waals surface area (Å²) in [5.74, 6) is 0.163. The van der Waals surface area contributed by atoms with Gasteiger partial charge in [0.15, 0.2) is 0 Å². The Labute approximate surface area is 128 Å². The van der Waals surface area contributed by atoms with Gasteiger partial charge in [0.25, 0.3) is 0 Å². The topological polar surface area (TPSA) is 80.0 Å². The molecule has 0 spiro atoms. The van der Waals surface area contributed by atoms with Crippen molar-refractivity contribution in [1.82, 2.24) is 35.0 Å². The summed E-state index contributed by atoms with van der Waals surface area (Å²) < 4.78 is 1.58. The Morgan fingerprint density at radius 1 is 1.23 bits per heavy atom. The SMILES string of the molecule is O=C(CCn1cnnn1)N1CCN(Cc2cccnc2)CC1. The molecule has 2 aromatic rings. The maximum Gasteiger partial charge on any atom is 0.224 e. The molecule has 0 atom stereocenters. The maximum atomic E-state index is 12.2. The molecule has 116 valence electrons. The second-order valence-electron chi connectivity index (χ2n) is 5.34. The van der Waals surface area contributed by atoms with E-state index in [-0.39, 0.29) is 5.91 Å². The van der Waals surface area contributed by atoms with E-state index in [9.17, 15) is 4.79 Å². The Morgan fingerprint density at radius 2 is 2.09 bits per heavy atom. The molecule has 2 aromatic heterocycles. The number of amides is 1. The predicted molar refractivity (Wildman–Crippen MR) is 78.5 cm³/mol. The van der Waals surface area contributed by atoms with Crippen molar-refractivity contribution in [2.45, 2.75) is 19.5 Å². The van der Waals surface area contributed by atoms with E-state index >= 15 is 0 Å². The summed E-state index contributed by atoms with van der Waals surface area (Å²) in [7, 11) is 0. The largest absolute Gasteiger partial charge is 0.340 e. The molecular formula is C14H19N7O. The molecule has 0 N–H and O–H groups in total. The van der Waals surface area contributed by atoms with Crippen LogP contribution < -0.4 is 0 Å². The molecule has 1 saturated heterocycles. The van der Waals surface area contributed by atoms with E-state index in [1.165, 1.54) is 11.9 Å². The van der Waals surface area contributed by atoms with Crippen molar-refractivity contribution >= 4 is 5.91 Å². The molecule has 0 unspecified atom stereocenters. The lowest BCUT2D eigenvalue weighted by molar-refractivity contribution is -0.133. The molecule has 3 heterocycles. The minimum Gasteiger partial charge on any atom is -0.340 e. The quantitative estimate of drug-likeness (QED) is 0.761. The third kappa shape index (κ3) is 3.85.